The number of aliphatic hydroxyl groups is 1. The number of nitriles is 1. The van der Waals surface area contributed by atoms with Gasteiger partial charge in [0.1, 0.15) is 10.9 Å². The summed E-state index contributed by atoms with van der Waals surface area (Å²) in [6, 6.07) is 3.84. The van der Waals surface area contributed by atoms with E-state index >= 15 is 0 Å². The highest BCUT2D eigenvalue weighted by molar-refractivity contribution is 8.00. The van der Waals surface area contributed by atoms with Crippen LogP contribution in [0.15, 0.2) is 35.8 Å². The molecule has 0 fully saturated rings. The maximum Gasteiger partial charge on any atom is 0.306 e. The maximum absolute atomic E-state index is 11.4. The summed E-state index contributed by atoms with van der Waals surface area (Å²) in [5.74, 6) is 0.312. The van der Waals surface area contributed by atoms with E-state index in [4.69, 9.17) is 5.26 Å². The summed E-state index contributed by atoms with van der Waals surface area (Å²) >= 11 is 2.85. The Balaban J connectivity index is 2.49. The van der Waals surface area contributed by atoms with Gasteiger partial charge in [0, 0.05) is 5.75 Å². The molecule has 0 unspecified atom stereocenters. The number of thioether (sulfide) groups is 1. The summed E-state index contributed by atoms with van der Waals surface area (Å²) in [4.78, 5) is 12.0. The van der Waals surface area contributed by atoms with Crippen molar-refractivity contribution in [2.24, 2.45) is 0 Å². The van der Waals surface area contributed by atoms with Gasteiger partial charge in [-0.2, -0.15) is 17.0 Å². The zero-order valence-electron chi connectivity index (χ0n) is 18.2. The van der Waals surface area contributed by atoms with Crippen LogP contribution >= 0.6 is 23.1 Å². The zero-order chi connectivity index (χ0) is 22.0. The van der Waals surface area contributed by atoms with E-state index in [1.807, 2.05) is 23.6 Å². The predicted molar refractivity (Wildman–Crippen MR) is 128 cm³/mol. The summed E-state index contributed by atoms with van der Waals surface area (Å²) < 4.78 is 4.69. The molecule has 1 rings (SSSR count). The smallest absolute Gasteiger partial charge is 0.306 e. The van der Waals surface area contributed by atoms with E-state index in [0.717, 1.165) is 12.0 Å². The highest BCUT2D eigenvalue weighted by Crippen LogP contribution is 2.31. The number of ether oxygens (including phenoxy) is 1. The third kappa shape index (κ3) is 11.6. The van der Waals surface area contributed by atoms with Crippen LogP contribution in [-0.2, 0) is 9.53 Å². The highest BCUT2D eigenvalue weighted by atomic mass is 32.2. The van der Waals surface area contributed by atoms with Crippen LogP contribution in [0.3, 0.4) is 0 Å². The third-order valence-electron chi connectivity index (χ3n) is 4.75. The molecule has 0 aliphatic heterocycles. The van der Waals surface area contributed by atoms with Gasteiger partial charge in [0.15, 0.2) is 0 Å². The molecule has 0 saturated carbocycles. The first-order chi connectivity index (χ1) is 14.6. The molecule has 0 radical (unpaired) electrons. The van der Waals surface area contributed by atoms with Crippen LogP contribution in [0.4, 0.5) is 0 Å². The van der Waals surface area contributed by atoms with Crippen molar-refractivity contribution in [3.05, 3.63) is 46.2 Å². The Morgan fingerprint density at radius 3 is 2.67 bits per heavy atom. The predicted octanol–water partition coefficient (Wildman–Crippen LogP) is 6.57. The van der Waals surface area contributed by atoms with Crippen LogP contribution in [0.2, 0.25) is 0 Å². The molecule has 0 aromatic carbocycles. The largest absolute Gasteiger partial charge is 0.469 e. The molecule has 30 heavy (non-hydrogen) atoms. The molecule has 1 aromatic rings. The lowest BCUT2D eigenvalue weighted by molar-refractivity contribution is -0.140. The topological polar surface area (TPSA) is 70.3 Å². The van der Waals surface area contributed by atoms with Crippen molar-refractivity contribution < 1.29 is 14.6 Å². The van der Waals surface area contributed by atoms with E-state index in [2.05, 4.69) is 23.8 Å². The lowest BCUT2D eigenvalue weighted by atomic mass is 10.1. The van der Waals surface area contributed by atoms with Crippen molar-refractivity contribution in [1.29, 1.82) is 5.26 Å². The number of esters is 1. The van der Waals surface area contributed by atoms with E-state index in [1.54, 1.807) is 6.07 Å². The fraction of sp³-hybridized carbons (Fsp3) is 0.583. The molecule has 0 spiro atoms. The Morgan fingerprint density at radius 2 is 2.00 bits per heavy atom. The van der Waals surface area contributed by atoms with Gasteiger partial charge in [-0.05, 0) is 29.9 Å². The minimum absolute atomic E-state index is 0.195. The third-order valence-corrected chi connectivity index (χ3v) is 6.84. The number of methoxy groups -OCH3 is 1. The summed E-state index contributed by atoms with van der Waals surface area (Å²) in [5.41, 5.74) is 0.740. The number of nitrogens with zero attached hydrogens (tertiary/aromatic N) is 1. The van der Waals surface area contributed by atoms with Crippen LogP contribution in [0.1, 0.15) is 81.3 Å². The molecule has 166 valence electrons. The molecule has 0 bridgehead atoms. The van der Waals surface area contributed by atoms with Gasteiger partial charge >= 0.3 is 5.97 Å². The Hall–Kier alpha value is -1.55. The first-order valence-corrected chi connectivity index (χ1v) is 12.7. The number of rotatable bonds is 16. The molecule has 0 aliphatic rings. The first kappa shape index (κ1) is 26.5. The summed E-state index contributed by atoms with van der Waals surface area (Å²) in [6.07, 6.45) is 17.9. The number of aliphatic hydroxyl groups excluding tert-OH is 1. The van der Waals surface area contributed by atoms with Crippen molar-refractivity contribution >= 4 is 29.1 Å². The van der Waals surface area contributed by atoms with Gasteiger partial charge in [0.2, 0.25) is 0 Å². The zero-order valence-corrected chi connectivity index (χ0v) is 19.9. The van der Waals surface area contributed by atoms with Crippen LogP contribution in [0.25, 0.3) is 0 Å². The van der Waals surface area contributed by atoms with Gasteiger partial charge in [0.25, 0.3) is 0 Å². The van der Waals surface area contributed by atoms with Gasteiger partial charge in [0.05, 0.1) is 24.9 Å². The lowest BCUT2D eigenvalue weighted by Gasteiger charge is -2.18. The van der Waals surface area contributed by atoms with E-state index < -0.39 is 6.10 Å². The van der Waals surface area contributed by atoms with Crippen molar-refractivity contribution in [1.82, 2.24) is 0 Å². The molecule has 1 aromatic heterocycles. The number of hydrogen-bond donors (Lipinski definition) is 1. The summed E-state index contributed by atoms with van der Waals surface area (Å²) in [6.45, 7) is 2.24. The average Bonchev–Trinajstić information content (AvgIpc) is 3.25. The minimum Gasteiger partial charge on any atom is -0.469 e. The number of carbonyl (C=O) groups is 1. The van der Waals surface area contributed by atoms with Crippen LogP contribution in [0.5, 0.6) is 0 Å². The Labute approximate surface area is 190 Å². The molecule has 0 saturated heterocycles. The van der Waals surface area contributed by atoms with Gasteiger partial charge in [-0.3, -0.25) is 4.79 Å². The molecule has 0 aliphatic carbocycles. The van der Waals surface area contributed by atoms with Crippen molar-refractivity contribution in [3.8, 4) is 6.07 Å². The molecule has 6 heteroatoms. The fourth-order valence-corrected chi connectivity index (χ4v) is 4.78. The number of hydrogen-bond acceptors (Lipinski definition) is 6. The van der Waals surface area contributed by atoms with Gasteiger partial charge in [-0.25, -0.2) is 0 Å². The normalized spacial score (nSPS) is 13.5. The number of thiophene rings is 1. The van der Waals surface area contributed by atoms with Crippen LogP contribution in [0, 0.1) is 11.3 Å². The van der Waals surface area contributed by atoms with Gasteiger partial charge < -0.3 is 9.84 Å². The Morgan fingerprint density at radius 1 is 1.27 bits per heavy atom. The average molecular weight is 450 g/mol. The molecule has 1 heterocycles. The van der Waals surface area contributed by atoms with Crippen LogP contribution in [-0.4, -0.2) is 29.2 Å². The van der Waals surface area contributed by atoms with E-state index in [0.29, 0.717) is 17.1 Å². The molecule has 2 atom stereocenters. The standard InChI is InChI=1S/C24H35NO3S2/c1-3-4-5-6-7-8-9-10-11-12-13-14-22(29-16-15-23(26)28-2)24(27)20-17-21(18-25)30-19-20/h11-14,17,19,22,24,27H,3-10,15-16H2,1-2H3/t22-,24+/m1/s1. The molecular weight excluding hydrogens is 414 g/mol. The van der Waals surface area contributed by atoms with E-state index in [-0.39, 0.29) is 11.2 Å². The molecule has 4 nitrogen and oxygen atoms in total. The monoisotopic (exact) mass is 449 g/mol. The summed E-state index contributed by atoms with van der Waals surface area (Å²) in [5, 5.41) is 21.4. The van der Waals surface area contributed by atoms with Crippen molar-refractivity contribution in [2.75, 3.05) is 12.9 Å². The lowest BCUT2D eigenvalue weighted by Crippen LogP contribution is -2.14. The second-order valence-electron chi connectivity index (χ2n) is 7.19. The number of allylic oxidation sites excluding steroid dienone is 3. The van der Waals surface area contributed by atoms with Crippen molar-refractivity contribution in [2.45, 2.75) is 76.1 Å². The second-order valence-corrected chi connectivity index (χ2v) is 9.38. The quantitative estimate of drug-likeness (QED) is 0.175. The molecular formula is C24H35NO3S2. The Kier molecular flexibility index (Phi) is 15.2. The number of unbranched alkanes of at least 4 members (excludes halogenated alkanes) is 7. The first-order valence-electron chi connectivity index (χ1n) is 10.8. The SMILES string of the molecule is CCCCCCCCCC=CC=C[C@@H](SCCC(=O)OC)[C@@H](O)c1csc(C#N)c1. The summed E-state index contributed by atoms with van der Waals surface area (Å²) in [7, 11) is 1.38. The molecule has 1 N–H and O–H groups in total. The second kappa shape index (κ2) is 17.2. The Bertz CT molecular complexity index is 691. The highest BCUT2D eigenvalue weighted by Gasteiger charge is 2.20. The minimum atomic E-state index is -0.723. The van der Waals surface area contributed by atoms with E-state index in [1.165, 1.54) is 75.2 Å². The fourth-order valence-electron chi connectivity index (χ4n) is 2.95. The van der Waals surface area contributed by atoms with Crippen molar-refractivity contribution in [3.63, 3.8) is 0 Å². The molecule has 0 amide bonds. The van der Waals surface area contributed by atoms with E-state index in [9.17, 15) is 9.90 Å². The van der Waals surface area contributed by atoms with Gasteiger partial charge in [-0.1, -0.05) is 69.8 Å². The van der Waals surface area contributed by atoms with Crippen LogP contribution < -0.4 is 0 Å². The maximum atomic E-state index is 11.4. The van der Waals surface area contributed by atoms with Gasteiger partial charge in [-0.15, -0.1) is 11.3 Å². The number of carbonyl (C=O) groups excluding carboxylic acids is 1.